The highest BCUT2D eigenvalue weighted by Crippen LogP contribution is 2.18. The number of nitrogens with two attached hydrogens (primary N) is 1. The lowest BCUT2D eigenvalue weighted by Gasteiger charge is -2.27. The fourth-order valence-electron chi connectivity index (χ4n) is 4.97. The highest BCUT2D eigenvalue weighted by atomic mass is 32.2. The molecule has 57 heavy (non-hydrogen) atoms. The maximum atomic E-state index is 13.6. The minimum atomic E-state index is -4.30. The molecule has 0 saturated heterocycles. The normalized spacial score (nSPS) is 13.8. The molecule has 0 aliphatic carbocycles. The SMILES string of the molecule is CC(C)[C@H](NC(=O)CCN(CCOCCS(=O)(=O)O)C(=O)CN1C(=O)C=CC1=O)C(=O)N[C@@H](CCCNC(N)=O)C(=O)Nc1ccc(COC(=O)C(C)(C)C)cc1. The third kappa shape index (κ3) is 17.9. The van der Waals surface area contributed by atoms with E-state index in [2.05, 4.69) is 21.3 Å². The summed E-state index contributed by atoms with van der Waals surface area (Å²) in [7, 11) is -4.30. The number of nitrogens with one attached hydrogen (secondary N) is 4. The van der Waals surface area contributed by atoms with Gasteiger partial charge < -0.3 is 41.4 Å². The van der Waals surface area contributed by atoms with Crippen LogP contribution in [0.1, 0.15) is 59.4 Å². The van der Waals surface area contributed by atoms with E-state index >= 15 is 0 Å². The van der Waals surface area contributed by atoms with E-state index in [0.717, 1.165) is 17.1 Å². The number of imide groups is 1. The fourth-order valence-corrected chi connectivity index (χ4v) is 5.30. The number of hydrogen-bond acceptors (Lipinski definition) is 12. The van der Waals surface area contributed by atoms with E-state index < -0.39 is 87.3 Å². The van der Waals surface area contributed by atoms with E-state index in [0.29, 0.717) is 16.2 Å². The second-order valence-corrected chi connectivity index (χ2v) is 16.0. The molecule has 316 valence electrons. The van der Waals surface area contributed by atoms with Crippen molar-refractivity contribution in [3.8, 4) is 0 Å². The van der Waals surface area contributed by atoms with E-state index in [9.17, 15) is 46.8 Å². The molecule has 1 aromatic rings. The molecule has 8 amide bonds. The summed E-state index contributed by atoms with van der Waals surface area (Å²) in [5.74, 6) is -5.63. The van der Waals surface area contributed by atoms with Crippen LogP contribution in [-0.2, 0) is 59.8 Å². The molecule has 1 aliphatic rings. The zero-order valence-corrected chi connectivity index (χ0v) is 33.5. The first-order valence-electron chi connectivity index (χ1n) is 18.1. The zero-order chi connectivity index (χ0) is 42.9. The Kier molecular flexibility index (Phi) is 18.7. The van der Waals surface area contributed by atoms with Gasteiger partial charge in [0.05, 0.1) is 24.4 Å². The lowest BCUT2D eigenvalue weighted by Crippen LogP contribution is -2.55. The highest BCUT2D eigenvalue weighted by Gasteiger charge is 2.31. The topological polar surface area (TPSA) is 290 Å². The Morgan fingerprint density at radius 1 is 0.930 bits per heavy atom. The molecule has 0 aromatic heterocycles. The highest BCUT2D eigenvalue weighted by molar-refractivity contribution is 7.85. The van der Waals surface area contributed by atoms with E-state index in [1.54, 1.807) is 58.9 Å². The maximum absolute atomic E-state index is 13.6. The smallest absolute Gasteiger partial charge is 0.312 e. The summed E-state index contributed by atoms with van der Waals surface area (Å²) in [6, 6.07) is 3.47. The van der Waals surface area contributed by atoms with E-state index in [1.807, 2.05) is 0 Å². The summed E-state index contributed by atoms with van der Waals surface area (Å²) in [5.41, 5.74) is 5.53. The summed E-state index contributed by atoms with van der Waals surface area (Å²) >= 11 is 0. The van der Waals surface area contributed by atoms with Gasteiger partial charge in [0.2, 0.25) is 23.6 Å². The van der Waals surface area contributed by atoms with Crippen LogP contribution >= 0.6 is 0 Å². The van der Waals surface area contributed by atoms with Crippen molar-refractivity contribution in [3.05, 3.63) is 42.0 Å². The van der Waals surface area contributed by atoms with Crippen LogP contribution in [0.5, 0.6) is 0 Å². The molecule has 1 aromatic carbocycles. The Labute approximate surface area is 331 Å². The van der Waals surface area contributed by atoms with Gasteiger partial charge in [0.25, 0.3) is 21.9 Å². The molecule has 7 N–H and O–H groups in total. The number of rotatable bonds is 23. The van der Waals surface area contributed by atoms with Crippen LogP contribution in [0.25, 0.3) is 0 Å². The molecule has 1 aliphatic heterocycles. The van der Waals surface area contributed by atoms with E-state index in [4.69, 9.17) is 19.8 Å². The zero-order valence-electron chi connectivity index (χ0n) is 32.7. The van der Waals surface area contributed by atoms with Crippen LogP contribution in [0, 0.1) is 11.3 Å². The molecule has 0 saturated carbocycles. The number of amides is 8. The summed E-state index contributed by atoms with van der Waals surface area (Å²) in [6.45, 7) is 7.00. The van der Waals surface area contributed by atoms with Gasteiger partial charge in [-0.1, -0.05) is 26.0 Å². The summed E-state index contributed by atoms with van der Waals surface area (Å²) < 4.78 is 41.4. The van der Waals surface area contributed by atoms with Crippen LogP contribution in [0.3, 0.4) is 0 Å². The summed E-state index contributed by atoms with van der Waals surface area (Å²) in [4.78, 5) is 102. The van der Waals surface area contributed by atoms with Crippen LogP contribution in [0.2, 0.25) is 0 Å². The van der Waals surface area contributed by atoms with Crippen molar-refractivity contribution in [2.45, 2.75) is 72.6 Å². The van der Waals surface area contributed by atoms with Crippen LogP contribution in [0.15, 0.2) is 36.4 Å². The number of nitrogens with zero attached hydrogens (tertiary/aromatic N) is 2. The Morgan fingerprint density at radius 3 is 2.12 bits per heavy atom. The quantitative estimate of drug-likeness (QED) is 0.0363. The monoisotopic (exact) mass is 823 g/mol. The van der Waals surface area contributed by atoms with Crippen molar-refractivity contribution in [2.24, 2.45) is 17.1 Å². The number of benzene rings is 1. The minimum Gasteiger partial charge on any atom is -0.460 e. The van der Waals surface area contributed by atoms with Crippen LogP contribution < -0.4 is 27.0 Å². The number of carbonyl (C=O) groups is 8. The fraction of sp³-hybridized carbons (Fsp3) is 0.556. The molecule has 0 spiro atoms. The summed E-state index contributed by atoms with van der Waals surface area (Å²) in [5, 5.41) is 10.4. The first-order chi connectivity index (χ1) is 26.6. The molecule has 1 heterocycles. The van der Waals surface area contributed by atoms with Crippen molar-refractivity contribution in [3.63, 3.8) is 0 Å². The first kappa shape index (κ1) is 47.7. The van der Waals surface area contributed by atoms with Crippen LogP contribution in [-0.4, -0.2) is 127 Å². The third-order valence-electron chi connectivity index (χ3n) is 8.22. The van der Waals surface area contributed by atoms with E-state index in [-0.39, 0.29) is 64.7 Å². The molecule has 0 bridgehead atoms. The molecule has 21 heteroatoms. The molecule has 20 nitrogen and oxygen atoms in total. The molecule has 0 unspecified atom stereocenters. The predicted molar refractivity (Wildman–Crippen MR) is 204 cm³/mol. The molecule has 0 fully saturated rings. The number of primary amides is 1. The lowest BCUT2D eigenvalue weighted by molar-refractivity contribution is -0.154. The van der Waals surface area contributed by atoms with Gasteiger partial charge in [0.15, 0.2) is 0 Å². The number of urea groups is 1. The third-order valence-corrected chi connectivity index (χ3v) is 8.90. The van der Waals surface area contributed by atoms with Gasteiger partial charge in [-0.3, -0.25) is 43.0 Å². The van der Waals surface area contributed by atoms with Gasteiger partial charge in [-0.05, 0) is 57.2 Å². The van der Waals surface area contributed by atoms with Gasteiger partial charge in [0, 0.05) is 43.9 Å². The van der Waals surface area contributed by atoms with E-state index in [1.165, 1.54) is 0 Å². The Morgan fingerprint density at radius 2 is 1.56 bits per heavy atom. The van der Waals surface area contributed by atoms with Crippen molar-refractivity contribution in [2.75, 3.05) is 50.5 Å². The lowest BCUT2D eigenvalue weighted by atomic mass is 9.97. The van der Waals surface area contributed by atoms with Crippen LogP contribution in [0.4, 0.5) is 10.5 Å². The predicted octanol–water partition coefficient (Wildman–Crippen LogP) is -0.163. The number of esters is 1. The van der Waals surface area contributed by atoms with Crippen molar-refractivity contribution < 1.29 is 60.8 Å². The number of carbonyl (C=O) groups excluding carboxylic acids is 8. The standard InChI is InChI=1S/C36H53N7O13S/c1-23(2)31(41-27(44)14-16-42(17-18-55-19-20-57(52,53)54)30(47)21-43-28(45)12-13-29(43)46)33(49)40-26(7-6-15-38-35(37)51)32(48)39-25-10-8-24(9-11-25)22-56-34(50)36(3,4)5/h8-13,23,26,31H,6-7,14-22H2,1-5H3,(H,39,48)(H,40,49)(H,41,44)(H3,37,38,51)(H,52,53,54)/t26-,31-/m0/s1. The van der Waals surface area contributed by atoms with Gasteiger partial charge in [0.1, 0.15) is 25.2 Å². The second-order valence-electron chi connectivity index (χ2n) is 14.4. The van der Waals surface area contributed by atoms with Crippen molar-refractivity contribution >= 4 is 63.2 Å². The van der Waals surface area contributed by atoms with Crippen molar-refractivity contribution in [1.29, 1.82) is 0 Å². The maximum Gasteiger partial charge on any atom is 0.312 e. The summed E-state index contributed by atoms with van der Waals surface area (Å²) in [6.07, 6.45) is 1.97. The van der Waals surface area contributed by atoms with Gasteiger partial charge >= 0.3 is 12.0 Å². The number of hydrogen-bond donors (Lipinski definition) is 6. The Hall–Kier alpha value is -5.41. The Balaban J connectivity index is 2.11. The Bertz CT molecular complexity index is 1740. The number of anilines is 1. The minimum absolute atomic E-state index is 0.0267. The number of ether oxygens (including phenoxy) is 2. The second kappa shape index (κ2) is 22.4. The largest absolute Gasteiger partial charge is 0.460 e. The molecular weight excluding hydrogens is 770 g/mol. The average Bonchev–Trinajstić information content (AvgIpc) is 3.43. The average molecular weight is 824 g/mol. The van der Waals surface area contributed by atoms with Gasteiger partial charge in [-0.2, -0.15) is 8.42 Å². The molecule has 0 radical (unpaired) electrons. The first-order valence-corrected chi connectivity index (χ1v) is 19.7. The molecular formula is C36H53N7O13S. The molecule has 2 rings (SSSR count). The van der Waals surface area contributed by atoms with Crippen molar-refractivity contribution in [1.82, 2.24) is 25.8 Å². The van der Waals surface area contributed by atoms with Gasteiger partial charge in [-0.25, -0.2) is 4.79 Å². The molecule has 2 atom stereocenters. The van der Waals surface area contributed by atoms with Gasteiger partial charge in [-0.15, -0.1) is 0 Å².